The Morgan fingerprint density at radius 2 is 1.38 bits per heavy atom. The van der Waals surface area contributed by atoms with Crippen LogP contribution in [0.1, 0.15) is 143 Å². The van der Waals surface area contributed by atoms with E-state index in [-0.39, 0.29) is 11.3 Å². The Kier molecular flexibility index (Phi) is 26.3. The van der Waals surface area contributed by atoms with Crippen molar-refractivity contribution in [3.8, 4) is 0 Å². The number of rotatable bonds is 11. The second-order valence-corrected chi connectivity index (χ2v) is 11.8. The molecule has 0 aliphatic carbocycles. The molecule has 0 radical (unpaired) electrons. The summed E-state index contributed by atoms with van der Waals surface area (Å²) in [5.41, 5.74) is 8.63. The second kappa shape index (κ2) is 25.7. The van der Waals surface area contributed by atoms with Crippen LogP contribution in [-0.4, -0.2) is 5.78 Å². The zero-order valence-corrected chi connectivity index (χ0v) is 33.0. The summed E-state index contributed by atoms with van der Waals surface area (Å²) in [4.78, 5) is 13.4. The lowest BCUT2D eigenvalue weighted by molar-refractivity contribution is -0.115. The monoisotopic (exact) mass is 651 g/mol. The van der Waals surface area contributed by atoms with E-state index in [1.807, 2.05) is 80.5 Å². The van der Waals surface area contributed by atoms with E-state index in [9.17, 15) is 13.6 Å². The summed E-state index contributed by atoms with van der Waals surface area (Å²) in [6.07, 6.45) is 7.45. The zero-order chi connectivity index (χ0) is 37.5. The maximum Gasteiger partial charge on any atom is 0.270 e. The Balaban J connectivity index is -0.00000173. The molecule has 2 aromatic rings. The molecule has 0 saturated carbocycles. The van der Waals surface area contributed by atoms with Gasteiger partial charge in [-0.15, -0.1) is 6.58 Å². The molecule has 0 atom stereocenters. The quantitative estimate of drug-likeness (QED) is 0.134. The van der Waals surface area contributed by atoms with Crippen LogP contribution in [0, 0.1) is 19.8 Å². The first-order valence-electron chi connectivity index (χ1n) is 17.5. The molecular weight excluding hydrogens is 582 g/mol. The van der Waals surface area contributed by atoms with Gasteiger partial charge in [0.2, 0.25) is 0 Å². The van der Waals surface area contributed by atoms with Crippen molar-refractivity contribution in [2.75, 3.05) is 0 Å². The van der Waals surface area contributed by atoms with Gasteiger partial charge in [0, 0.05) is 24.5 Å². The molecule has 0 saturated heterocycles. The van der Waals surface area contributed by atoms with Crippen LogP contribution >= 0.6 is 0 Å². The van der Waals surface area contributed by atoms with Gasteiger partial charge in [-0.05, 0) is 104 Å². The van der Waals surface area contributed by atoms with Crippen molar-refractivity contribution in [2.45, 2.75) is 136 Å². The van der Waals surface area contributed by atoms with Crippen molar-refractivity contribution in [3.63, 3.8) is 0 Å². The topological polar surface area (TPSA) is 17.1 Å². The molecule has 2 aromatic carbocycles. The maximum absolute atomic E-state index is 14.1. The van der Waals surface area contributed by atoms with Crippen molar-refractivity contribution < 1.29 is 13.6 Å². The largest absolute Gasteiger partial charge is 0.294 e. The van der Waals surface area contributed by atoms with Crippen molar-refractivity contribution in [2.24, 2.45) is 5.92 Å². The van der Waals surface area contributed by atoms with Crippen molar-refractivity contribution in [1.29, 1.82) is 0 Å². The number of hydrogen-bond donors (Lipinski definition) is 0. The van der Waals surface area contributed by atoms with Gasteiger partial charge in [0.05, 0.1) is 0 Å². The molecule has 0 spiro atoms. The van der Waals surface area contributed by atoms with Crippen LogP contribution in [0.5, 0.6) is 0 Å². The van der Waals surface area contributed by atoms with E-state index in [2.05, 4.69) is 66.0 Å². The lowest BCUT2D eigenvalue weighted by Crippen LogP contribution is -2.09. The van der Waals surface area contributed by atoms with Gasteiger partial charge in [-0.3, -0.25) is 4.79 Å². The smallest absolute Gasteiger partial charge is 0.270 e. The molecule has 0 heterocycles. The third-order valence-corrected chi connectivity index (χ3v) is 6.50. The van der Waals surface area contributed by atoms with Crippen LogP contribution in [-0.2, 0) is 17.1 Å². The van der Waals surface area contributed by atoms with E-state index in [4.69, 9.17) is 0 Å². The third-order valence-electron chi connectivity index (χ3n) is 6.50. The van der Waals surface area contributed by atoms with Gasteiger partial charge >= 0.3 is 0 Å². The molecule has 0 bridgehead atoms. The van der Waals surface area contributed by atoms with Gasteiger partial charge in [0.15, 0.2) is 5.78 Å². The molecule has 0 aromatic heterocycles. The number of halogens is 2. The molecule has 264 valence electrons. The predicted molar refractivity (Wildman–Crippen MR) is 209 cm³/mol. The Morgan fingerprint density at radius 3 is 1.83 bits per heavy atom. The van der Waals surface area contributed by atoms with E-state index < -0.39 is 5.92 Å². The molecule has 0 unspecified atom stereocenters. The summed E-state index contributed by atoms with van der Waals surface area (Å²) in [5.74, 6) is -2.08. The fraction of sp³-hybridized carbons (Fsp3) is 0.477. The molecule has 47 heavy (non-hydrogen) atoms. The van der Waals surface area contributed by atoms with E-state index in [0.29, 0.717) is 29.5 Å². The number of hydrogen-bond acceptors (Lipinski definition) is 1. The molecular formula is C44H68F2O. The van der Waals surface area contributed by atoms with Gasteiger partial charge in [0.25, 0.3) is 5.92 Å². The van der Waals surface area contributed by atoms with Gasteiger partial charge < -0.3 is 0 Å². The number of allylic oxidation sites excluding steroid dienone is 8. The minimum absolute atomic E-state index is 0.0111. The van der Waals surface area contributed by atoms with Crippen molar-refractivity contribution in [1.82, 2.24) is 0 Å². The first-order chi connectivity index (χ1) is 22.0. The van der Waals surface area contributed by atoms with E-state index >= 15 is 0 Å². The Labute approximate surface area is 289 Å². The molecule has 0 N–H and O–H groups in total. The van der Waals surface area contributed by atoms with Crippen LogP contribution < -0.4 is 0 Å². The van der Waals surface area contributed by atoms with E-state index in [1.54, 1.807) is 25.1 Å². The summed E-state index contributed by atoms with van der Waals surface area (Å²) in [7, 11) is 0. The number of Topliss-reactive ketones (excluding diaryl/α,β-unsaturated/α-hetero) is 1. The van der Waals surface area contributed by atoms with Crippen molar-refractivity contribution >= 4 is 16.9 Å². The maximum atomic E-state index is 14.1. The number of alkyl halides is 2. The molecule has 0 aliphatic rings. The Bertz CT molecular complexity index is 1320. The van der Waals surface area contributed by atoms with Crippen LogP contribution in [0.4, 0.5) is 8.78 Å². The minimum Gasteiger partial charge on any atom is -0.294 e. The highest BCUT2D eigenvalue weighted by atomic mass is 19.3. The predicted octanol–water partition coefficient (Wildman–Crippen LogP) is 14.6. The number of ketones is 1. The molecule has 1 nitrogen and oxygen atoms in total. The molecule has 0 amide bonds. The van der Waals surface area contributed by atoms with Gasteiger partial charge in [-0.25, -0.2) is 8.78 Å². The highest BCUT2D eigenvalue weighted by Gasteiger charge is 2.26. The molecule has 2 rings (SSSR count). The standard InChI is InChI=1S/C34H40F2O.C4H10.3C2H6/c1-10-27-16-23(5)17-30(19-27)28(11-2)20-31(33(37)15-12-22(3)4)26(8)18-25(7)29-14-13-24(6)32(21-29)34(9,35)36;1-4(2)3;3*1-2/h11,13-14,16-21H,2-3,10,12,15H2,1,4-9H3;4H,1-3H3;3*1-2H3/b25-18+,28-20+,31-26-;;;;. The summed E-state index contributed by atoms with van der Waals surface area (Å²) in [6, 6.07) is 11.5. The average molecular weight is 651 g/mol. The van der Waals surface area contributed by atoms with Crippen LogP contribution in [0.15, 0.2) is 84.5 Å². The lowest BCUT2D eigenvalue weighted by Gasteiger charge is -2.16. The van der Waals surface area contributed by atoms with Gasteiger partial charge in [-0.1, -0.05) is 129 Å². The fourth-order valence-corrected chi connectivity index (χ4v) is 4.35. The normalized spacial score (nSPS) is 11.6. The zero-order valence-electron chi connectivity index (χ0n) is 33.0. The molecule has 3 heteroatoms. The van der Waals surface area contributed by atoms with E-state index in [1.165, 1.54) is 5.56 Å². The summed E-state index contributed by atoms with van der Waals surface area (Å²) in [6.45, 7) is 38.9. The van der Waals surface area contributed by atoms with Gasteiger partial charge in [0.1, 0.15) is 0 Å². The Hall–Kier alpha value is -3.33. The van der Waals surface area contributed by atoms with E-state index in [0.717, 1.165) is 52.7 Å². The third kappa shape index (κ3) is 19.2. The van der Waals surface area contributed by atoms with Gasteiger partial charge in [-0.2, -0.15) is 0 Å². The lowest BCUT2D eigenvalue weighted by atomic mass is 9.92. The molecule has 0 fully saturated rings. The molecule has 0 aliphatic heterocycles. The summed E-state index contributed by atoms with van der Waals surface area (Å²) < 4.78 is 28.3. The first kappa shape index (κ1) is 48.1. The number of benzene rings is 2. The average Bonchev–Trinajstić information content (AvgIpc) is 3.02. The number of aryl methyl sites for hydroxylation is 3. The minimum atomic E-state index is -2.93. The van der Waals surface area contributed by atoms with Crippen molar-refractivity contribution in [3.05, 3.63) is 118 Å². The van der Waals surface area contributed by atoms with Crippen LogP contribution in [0.3, 0.4) is 0 Å². The SMILES string of the molecule is C=C\C(=C/C(C(=O)CCC(=C)C)=C(C)/C=C(\C)c1ccc(C)c(C(C)(F)F)c1)c1cc(C)cc(CC)c1.CC.CC.CC.CC(C)C. The highest BCUT2D eigenvalue weighted by Crippen LogP contribution is 2.32. The second-order valence-electron chi connectivity index (χ2n) is 11.8. The summed E-state index contributed by atoms with van der Waals surface area (Å²) >= 11 is 0. The highest BCUT2D eigenvalue weighted by molar-refractivity contribution is 6.02. The number of carbonyl (C=O) groups excluding carboxylic acids is 1. The Morgan fingerprint density at radius 1 is 0.851 bits per heavy atom. The van der Waals surface area contributed by atoms with Crippen LogP contribution in [0.2, 0.25) is 0 Å². The first-order valence-corrected chi connectivity index (χ1v) is 17.5. The fourth-order valence-electron chi connectivity index (χ4n) is 4.35. The summed E-state index contributed by atoms with van der Waals surface area (Å²) in [5, 5.41) is 0. The number of carbonyl (C=O) groups is 1. The van der Waals surface area contributed by atoms with Crippen LogP contribution in [0.25, 0.3) is 11.1 Å².